The number of nitrogens with zero attached hydrogens (tertiary/aromatic N) is 1. The zero-order valence-electron chi connectivity index (χ0n) is 12.0. The maximum absolute atomic E-state index is 12.1. The van der Waals surface area contributed by atoms with Crippen molar-refractivity contribution in [2.75, 3.05) is 13.1 Å². The number of β-amino-alcohol motifs (C(OH)–C–C–N with tert-alkyl or cyclic N) is 1. The fourth-order valence-corrected chi connectivity index (χ4v) is 2.36. The first kappa shape index (κ1) is 15.3. The Labute approximate surface area is 123 Å². The summed E-state index contributed by atoms with van der Waals surface area (Å²) in [7, 11) is 0. The largest absolute Gasteiger partial charge is 0.445 e. The molecule has 6 heteroatoms. The van der Waals surface area contributed by atoms with Crippen LogP contribution in [0.15, 0.2) is 30.3 Å². The van der Waals surface area contributed by atoms with Crippen molar-refractivity contribution in [1.29, 1.82) is 0 Å². The first-order valence-corrected chi connectivity index (χ1v) is 7.05. The first-order chi connectivity index (χ1) is 10.1. The predicted octanol–water partition coefficient (Wildman–Crippen LogP) is 0.894. The van der Waals surface area contributed by atoms with E-state index in [1.54, 1.807) is 6.92 Å². The highest BCUT2D eigenvalue weighted by Crippen LogP contribution is 2.19. The van der Waals surface area contributed by atoms with Gasteiger partial charge < -0.3 is 15.2 Å². The monoisotopic (exact) mass is 292 g/mol. The lowest BCUT2D eigenvalue weighted by molar-refractivity contribution is -0.125. The number of hydrogen-bond donors (Lipinski definition) is 2. The molecule has 1 aromatic rings. The maximum atomic E-state index is 12.1. The molecule has 21 heavy (non-hydrogen) atoms. The Hall–Kier alpha value is -2.08. The first-order valence-electron chi connectivity index (χ1n) is 7.05. The number of amides is 2. The molecule has 1 fully saturated rings. The number of aliphatic hydroxyl groups excluding tert-OH is 1. The van der Waals surface area contributed by atoms with Gasteiger partial charge in [-0.3, -0.25) is 9.69 Å². The highest BCUT2D eigenvalue weighted by Gasteiger charge is 2.39. The molecule has 114 valence electrons. The Balaban J connectivity index is 1.94. The Morgan fingerprint density at radius 3 is 2.76 bits per heavy atom. The van der Waals surface area contributed by atoms with Crippen LogP contribution in [0.5, 0.6) is 0 Å². The zero-order valence-corrected chi connectivity index (χ0v) is 12.0. The number of ether oxygens (including phenoxy) is 1. The van der Waals surface area contributed by atoms with E-state index in [1.807, 2.05) is 30.3 Å². The van der Waals surface area contributed by atoms with Crippen LogP contribution >= 0.6 is 0 Å². The van der Waals surface area contributed by atoms with E-state index in [2.05, 4.69) is 5.32 Å². The fraction of sp³-hybridized carbons (Fsp3) is 0.467. The van der Waals surface area contributed by atoms with Gasteiger partial charge in [0, 0.05) is 13.0 Å². The van der Waals surface area contributed by atoms with Gasteiger partial charge in [0.1, 0.15) is 12.6 Å². The quantitative estimate of drug-likeness (QED) is 0.864. The third-order valence-corrected chi connectivity index (χ3v) is 3.37. The molecule has 0 aromatic heterocycles. The molecular formula is C15H20N2O4. The minimum Gasteiger partial charge on any atom is -0.445 e. The molecule has 0 bridgehead atoms. The number of aliphatic hydroxyl groups is 1. The summed E-state index contributed by atoms with van der Waals surface area (Å²) in [5.41, 5.74) is 0.875. The third kappa shape index (κ3) is 3.95. The van der Waals surface area contributed by atoms with Gasteiger partial charge in [-0.1, -0.05) is 30.3 Å². The normalized spacial score (nSPS) is 21.1. The number of likely N-dealkylation sites (N-methyl/N-ethyl adjacent to an activating group) is 1. The van der Waals surface area contributed by atoms with Crippen LogP contribution < -0.4 is 5.32 Å². The number of rotatable bonds is 4. The van der Waals surface area contributed by atoms with Crippen LogP contribution in [0.2, 0.25) is 0 Å². The molecule has 2 N–H and O–H groups in total. The number of carbonyl (C=O) groups excluding carboxylic acids is 2. The summed E-state index contributed by atoms with van der Waals surface area (Å²) in [6.07, 6.45) is -1.03. The van der Waals surface area contributed by atoms with Crippen LogP contribution in [0.4, 0.5) is 4.79 Å². The van der Waals surface area contributed by atoms with Gasteiger partial charge in [0.25, 0.3) is 0 Å². The van der Waals surface area contributed by atoms with Gasteiger partial charge >= 0.3 is 6.09 Å². The lowest BCUT2D eigenvalue weighted by Gasteiger charge is -2.22. The number of carbonyl (C=O) groups is 2. The summed E-state index contributed by atoms with van der Waals surface area (Å²) < 4.78 is 5.21. The van der Waals surface area contributed by atoms with Gasteiger partial charge in [0.05, 0.1) is 12.6 Å². The van der Waals surface area contributed by atoms with Crippen LogP contribution in [0.3, 0.4) is 0 Å². The summed E-state index contributed by atoms with van der Waals surface area (Å²) in [5.74, 6) is -0.259. The van der Waals surface area contributed by atoms with Crippen LogP contribution in [-0.4, -0.2) is 47.2 Å². The minimum atomic E-state index is -0.693. The molecule has 1 saturated heterocycles. The number of benzene rings is 1. The lowest BCUT2D eigenvalue weighted by atomic mass is 10.2. The molecule has 0 unspecified atom stereocenters. The minimum absolute atomic E-state index is 0.120. The van der Waals surface area contributed by atoms with Crippen molar-refractivity contribution in [2.24, 2.45) is 0 Å². The number of likely N-dealkylation sites (tertiary alicyclic amines) is 1. The van der Waals surface area contributed by atoms with Crippen molar-refractivity contribution in [2.45, 2.75) is 32.1 Å². The van der Waals surface area contributed by atoms with Crippen molar-refractivity contribution in [1.82, 2.24) is 10.2 Å². The molecule has 0 radical (unpaired) electrons. The van der Waals surface area contributed by atoms with Gasteiger partial charge in [-0.2, -0.15) is 0 Å². The molecule has 6 nitrogen and oxygen atoms in total. The molecule has 1 aliphatic rings. The van der Waals surface area contributed by atoms with Crippen molar-refractivity contribution in [3.05, 3.63) is 35.9 Å². The van der Waals surface area contributed by atoms with Crippen molar-refractivity contribution in [3.63, 3.8) is 0 Å². The van der Waals surface area contributed by atoms with Crippen LogP contribution in [0, 0.1) is 0 Å². The highest BCUT2D eigenvalue weighted by atomic mass is 16.6. The molecule has 0 aliphatic carbocycles. The topological polar surface area (TPSA) is 78.9 Å². The Bertz CT molecular complexity index is 492. The Morgan fingerprint density at radius 1 is 1.38 bits per heavy atom. The second kappa shape index (κ2) is 7.08. The van der Waals surface area contributed by atoms with E-state index in [0.29, 0.717) is 6.54 Å². The average molecular weight is 292 g/mol. The van der Waals surface area contributed by atoms with Crippen molar-refractivity contribution < 1.29 is 19.4 Å². The van der Waals surface area contributed by atoms with Gasteiger partial charge in [-0.15, -0.1) is 0 Å². The van der Waals surface area contributed by atoms with E-state index >= 15 is 0 Å². The molecule has 0 saturated carbocycles. The van der Waals surface area contributed by atoms with E-state index in [1.165, 1.54) is 4.90 Å². The van der Waals surface area contributed by atoms with Gasteiger partial charge in [0.2, 0.25) is 5.91 Å². The van der Waals surface area contributed by atoms with Gasteiger partial charge in [-0.05, 0) is 12.5 Å². The molecule has 0 spiro atoms. The van der Waals surface area contributed by atoms with Gasteiger partial charge in [-0.25, -0.2) is 4.79 Å². The summed E-state index contributed by atoms with van der Waals surface area (Å²) in [6.45, 7) is 2.56. The van der Waals surface area contributed by atoms with E-state index in [4.69, 9.17) is 4.74 Å². The summed E-state index contributed by atoms with van der Waals surface area (Å²) in [5, 5.41) is 12.4. The molecule has 2 atom stereocenters. The fourth-order valence-electron chi connectivity index (χ4n) is 2.36. The third-order valence-electron chi connectivity index (χ3n) is 3.37. The highest BCUT2D eigenvalue weighted by molar-refractivity contribution is 5.86. The number of hydrogen-bond acceptors (Lipinski definition) is 4. The van der Waals surface area contributed by atoms with E-state index in [-0.39, 0.29) is 25.5 Å². The number of nitrogens with one attached hydrogen (secondary N) is 1. The molecule has 2 rings (SSSR count). The zero-order chi connectivity index (χ0) is 15.2. The average Bonchev–Trinajstić information content (AvgIpc) is 2.88. The van der Waals surface area contributed by atoms with Crippen LogP contribution in [-0.2, 0) is 16.1 Å². The molecule has 1 aliphatic heterocycles. The molecule has 1 heterocycles. The SMILES string of the molecule is CCNC(=O)[C@H]1C[C@@H](O)CN1C(=O)OCc1ccccc1. The van der Waals surface area contributed by atoms with Crippen LogP contribution in [0.25, 0.3) is 0 Å². The Morgan fingerprint density at radius 2 is 2.10 bits per heavy atom. The molecular weight excluding hydrogens is 272 g/mol. The van der Waals surface area contributed by atoms with Crippen molar-refractivity contribution >= 4 is 12.0 Å². The summed E-state index contributed by atoms with van der Waals surface area (Å²) in [6, 6.07) is 8.65. The molecule has 1 aromatic carbocycles. The van der Waals surface area contributed by atoms with Crippen molar-refractivity contribution in [3.8, 4) is 0 Å². The van der Waals surface area contributed by atoms with Crippen LogP contribution in [0.1, 0.15) is 18.9 Å². The maximum Gasteiger partial charge on any atom is 0.410 e. The summed E-state index contributed by atoms with van der Waals surface area (Å²) >= 11 is 0. The smallest absolute Gasteiger partial charge is 0.410 e. The summed E-state index contributed by atoms with van der Waals surface area (Å²) in [4.78, 5) is 25.3. The second-order valence-electron chi connectivity index (χ2n) is 4.99. The lowest BCUT2D eigenvalue weighted by Crippen LogP contribution is -2.46. The van der Waals surface area contributed by atoms with E-state index < -0.39 is 18.2 Å². The van der Waals surface area contributed by atoms with E-state index in [0.717, 1.165) is 5.56 Å². The standard InChI is InChI=1S/C15H20N2O4/c1-2-16-14(19)13-8-12(18)9-17(13)15(20)21-10-11-6-4-3-5-7-11/h3-7,12-13,18H,2,8-10H2,1H3,(H,16,19)/t12-,13-/m1/s1. The molecule has 2 amide bonds. The predicted molar refractivity (Wildman–Crippen MR) is 76.4 cm³/mol. The Kier molecular flexibility index (Phi) is 5.16. The van der Waals surface area contributed by atoms with E-state index in [9.17, 15) is 14.7 Å². The van der Waals surface area contributed by atoms with Gasteiger partial charge in [0.15, 0.2) is 0 Å². The second-order valence-corrected chi connectivity index (χ2v) is 4.99.